The van der Waals surface area contributed by atoms with Crippen LogP contribution in [0.15, 0.2) is 0 Å². The van der Waals surface area contributed by atoms with Crippen LogP contribution in [-0.2, 0) is 4.79 Å². The molecule has 1 N–H and O–H groups in total. The molecule has 1 heterocycles. The molecular formula is C31H56N2O. The van der Waals surface area contributed by atoms with Crippen LogP contribution in [0.25, 0.3) is 0 Å². The van der Waals surface area contributed by atoms with Gasteiger partial charge in [0.1, 0.15) is 0 Å². The first-order chi connectivity index (χ1) is 16.4. The SMILES string of the molecule is CCCCCCCCCCCCN[C@H]1CC[C@H]2[C@@H]3CC[C@H]4N(C)C(=O)CC[C@]4(C)[C@H]3CC[C@]12C. The molecule has 3 aliphatic carbocycles. The van der Waals surface area contributed by atoms with Crippen LogP contribution in [0.1, 0.15) is 136 Å². The highest BCUT2D eigenvalue weighted by molar-refractivity contribution is 5.77. The van der Waals surface area contributed by atoms with Gasteiger partial charge in [0.05, 0.1) is 0 Å². The molecule has 0 aromatic carbocycles. The minimum absolute atomic E-state index is 0.356. The van der Waals surface area contributed by atoms with Gasteiger partial charge >= 0.3 is 0 Å². The number of carbonyl (C=O) groups excluding carboxylic acids is 1. The van der Waals surface area contributed by atoms with E-state index in [1.54, 1.807) is 0 Å². The lowest BCUT2D eigenvalue weighted by Crippen LogP contribution is -2.61. The maximum atomic E-state index is 12.4. The number of likely N-dealkylation sites (tertiary alicyclic amines) is 1. The summed E-state index contributed by atoms with van der Waals surface area (Å²) in [5.74, 6) is 3.02. The summed E-state index contributed by atoms with van der Waals surface area (Å²) in [6.45, 7) is 8.72. The number of carbonyl (C=O) groups is 1. The third-order valence-electron chi connectivity index (χ3n) is 11.5. The van der Waals surface area contributed by atoms with Crippen LogP contribution in [0.5, 0.6) is 0 Å². The smallest absolute Gasteiger partial charge is 0.222 e. The van der Waals surface area contributed by atoms with Crippen molar-refractivity contribution >= 4 is 5.91 Å². The molecule has 4 fully saturated rings. The van der Waals surface area contributed by atoms with Crippen LogP contribution in [0, 0.1) is 28.6 Å². The predicted molar refractivity (Wildman–Crippen MR) is 144 cm³/mol. The van der Waals surface area contributed by atoms with E-state index >= 15 is 0 Å². The van der Waals surface area contributed by atoms with E-state index in [2.05, 4.69) is 38.0 Å². The fraction of sp³-hybridized carbons (Fsp3) is 0.968. The first kappa shape index (κ1) is 26.5. The van der Waals surface area contributed by atoms with Crippen LogP contribution in [-0.4, -0.2) is 36.5 Å². The van der Waals surface area contributed by atoms with Crippen molar-refractivity contribution in [2.75, 3.05) is 13.6 Å². The van der Waals surface area contributed by atoms with E-state index in [0.29, 0.717) is 22.8 Å². The Bertz CT molecular complexity index is 664. The zero-order valence-corrected chi connectivity index (χ0v) is 23.2. The lowest BCUT2D eigenvalue weighted by Gasteiger charge is -2.61. The molecule has 1 aliphatic heterocycles. The number of unbranched alkanes of at least 4 members (excludes halogenated alkanes) is 9. The summed E-state index contributed by atoms with van der Waals surface area (Å²) < 4.78 is 0. The summed E-state index contributed by atoms with van der Waals surface area (Å²) in [4.78, 5) is 14.5. The number of fused-ring (bicyclic) bond motifs is 5. The zero-order chi connectivity index (χ0) is 24.2. The van der Waals surface area contributed by atoms with Crippen LogP contribution < -0.4 is 5.32 Å². The number of nitrogens with one attached hydrogen (secondary N) is 1. The van der Waals surface area contributed by atoms with Crippen LogP contribution in [0.2, 0.25) is 0 Å². The highest BCUT2D eigenvalue weighted by Gasteiger charge is 2.60. The maximum Gasteiger partial charge on any atom is 0.222 e. The van der Waals surface area contributed by atoms with Gasteiger partial charge in [-0.05, 0) is 86.5 Å². The third kappa shape index (κ3) is 5.25. The van der Waals surface area contributed by atoms with E-state index in [4.69, 9.17) is 0 Å². The second-order valence-corrected chi connectivity index (χ2v) is 13.3. The first-order valence-electron chi connectivity index (χ1n) is 15.4. The monoisotopic (exact) mass is 472 g/mol. The van der Waals surface area contributed by atoms with Gasteiger partial charge in [-0.15, -0.1) is 0 Å². The van der Waals surface area contributed by atoms with Gasteiger partial charge in [0.25, 0.3) is 0 Å². The van der Waals surface area contributed by atoms with Gasteiger partial charge in [-0.2, -0.15) is 0 Å². The molecule has 34 heavy (non-hydrogen) atoms. The molecule has 7 atom stereocenters. The average molecular weight is 473 g/mol. The summed E-state index contributed by atoms with van der Waals surface area (Å²) in [7, 11) is 2.08. The van der Waals surface area contributed by atoms with Crippen molar-refractivity contribution in [1.29, 1.82) is 0 Å². The second kappa shape index (κ2) is 11.7. The van der Waals surface area contributed by atoms with Crippen molar-refractivity contribution < 1.29 is 4.79 Å². The Balaban J connectivity index is 1.20. The molecule has 0 bridgehead atoms. The van der Waals surface area contributed by atoms with Crippen molar-refractivity contribution in [2.45, 2.75) is 148 Å². The molecule has 0 radical (unpaired) electrons. The van der Waals surface area contributed by atoms with E-state index in [0.717, 1.165) is 36.6 Å². The molecule has 1 amide bonds. The van der Waals surface area contributed by atoms with Gasteiger partial charge < -0.3 is 10.2 Å². The Kier molecular flexibility index (Phi) is 9.08. The zero-order valence-electron chi connectivity index (χ0n) is 23.2. The summed E-state index contributed by atoms with van der Waals surface area (Å²) in [6, 6.07) is 1.23. The summed E-state index contributed by atoms with van der Waals surface area (Å²) in [6.07, 6.45) is 24.3. The standard InChI is InChI=1S/C31H56N2O/c1-5-6-7-8-9-10-11-12-13-14-23-32-27-17-16-25-24-15-18-28-31(3,22-20-29(34)33(28)4)26(24)19-21-30(25,27)2/h24-28,32H,5-23H2,1-4H3/t24-,25-,26-,27-,28+,30-,31+/m0/s1. The molecular weight excluding hydrogens is 416 g/mol. The van der Waals surface area contributed by atoms with Gasteiger partial charge in [0.2, 0.25) is 5.91 Å². The van der Waals surface area contributed by atoms with E-state index in [1.807, 2.05) is 0 Å². The van der Waals surface area contributed by atoms with Crippen molar-refractivity contribution in [3.8, 4) is 0 Å². The number of nitrogens with zero attached hydrogens (tertiary/aromatic N) is 1. The number of piperidine rings is 1. The Hall–Kier alpha value is -0.570. The van der Waals surface area contributed by atoms with Crippen molar-refractivity contribution in [1.82, 2.24) is 10.2 Å². The number of hydrogen-bond acceptors (Lipinski definition) is 2. The van der Waals surface area contributed by atoms with Crippen molar-refractivity contribution in [3.63, 3.8) is 0 Å². The molecule has 4 aliphatic rings. The quantitative estimate of drug-likeness (QED) is 0.295. The molecule has 3 saturated carbocycles. The van der Waals surface area contributed by atoms with Gasteiger partial charge in [-0.25, -0.2) is 0 Å². The normalized spacial score (nSPS) is 39.6. The fourth-order valence-corrected chi connectivity index (χ4v) is 9.37. The molecule has 0 unspecified atom stereocenters. The molecule has 3 nitrogen and oxygen atoms in total. The summed E-state index contributed by atoms with van der Waals surface area (Å²) >= 11 is 0. The van der Waals surface area contributed by atoms with Crippen LogP contribution >= 0.6 is 0 Å². The molecule has 1 saturated heterocycles. The Labute approximate surface area is 211 Å². The minimum atomic E-state index is 0.356. The van der Waals surface area contributed by atoms with Crippen LogP contribution in [0.3, 0.4) is 0 Å². The molecule has 0 aromatic rings. The topological polar surface area (TPSA) is 32.3 Å². The number of rotatable bonds is 12. The average Bonchev–Trinajstić information content (AvgIpc) is 3.16. The van der Waals surface area contributed by atoms with E-state index in [-0.39, 0.29) is 0 Å². The first-order valence-corrected chi connectivity index (χ1v) is 15.4. The highest BCUT2D eigenvalue weighted by atomic mass is 16.2. The summed E-state index contributed by atoms with van der Waals surface area (Å²) in [5.41, 5.74) is 0.855. The third-order valence-corrected chi connectivity index (χ3v) is 11.5. The maximum absolute atomic E-state index is 12.4. The molecule has 3 heteroatoms. The van der Waals surface area contributed by atoms with Gasteiger partial charge in [-0.3, -0.25) is 4.79 Å². The predicted octanol–water partition coefficient (Wildman–Crippen LogP) is 7.73. The van der Waals surface area contributed by atoms with Crippen molar-refractivity contribution in [2.24, 2.45) is 28.6 Å². The Morgan fingerprint density at radius 3 is 2.15 bits per heavy atom. The van der Waals surface area contributed by atoms with E-state index < -0.39 is 0 Å². The van der Waals surface area contributed by atoms with E-state index in [9.17, 15) is 4.79 Å². The largest absolute Gasteiger partial charge is 0.342 e. The van der Waals surface area contributed by atoms with Crippen molar-refractivity contribution in [3.05, 3.63) is 0 Å². The van der Waals surface area contributed by atoms with Gasteiger partial charge in [-0.1, -0.05) is 78.6 Å². The number of hydrogen-bond donors (Lipinski definition) is 1. The molecule has 196 valence electrons. The summed E-state index contributed by atoms with van der Waals surface area (Å²) in [5, 5.41) is 4.07. The lowest BCUT2D eigenvalue weighted by atomic mass is 9.47. The van der Waals surface area contributed by atoms with Gasteiger partial charge in [0.15, 0.2) is 0 Å². The minimum Gasteiger partial charge on any atom is -0.342 e. The Morgan fingerprint density at radius 2 is 1.44 bits per heavy atom. The van der Waals surface area contributed by atoms with Gasteiger partial charge in [0, 0.05) is 25.6 Å². The van der Waals surface area contributed by atoms with Crippen LogP contribution in [0.4, 0.5) is 0 Å². The molecule has 0 spiro atoms. The fourth-order valence-electron chi connectivity index (χ4n) is 9.37. The number of amides is 1. The molecule has 4 rings (SSSR count). The molecule has 0 aromatic heterocycles. The van der Waals surface area contributed by atoms with E-state index in [1.165, 1.54) is 109 Å². The second-order valence-electron chi connectivity index (χ2n) is 13.3. The Morgan fingerprint density at radius 1 is 0.794 bits per heavy atom. The lowest BCUT2D eigenvalue weighted by molar-refractivity contribution is -0.157. The highest BCUT2D eigenvalue weighted by Crippen LogP contribution is 2.64.